The first-order valence-electron chi connectivity index (χ1n) is 6.80. The Balaban J connectivity index is 1.61. The van der Waals surface area contributed by atoms with E-state index in [9.17, 15) is 9.59 Å². The highest BCUT2D eigenvalue weighted by molar-refractivity contribution is 6.06. The first kappa shape index (κ1) is 11.2. The predicted molar refractivity (Wildman–Crippen MR) is 66.9 cm³/mol. The molecule has 0 saturated carbocycles. The molecule has 4 nitrogen and oxygen atoms in total. The molecule has 1 aromatic rings. The van der Waals surface area contributed by atoms with Crippen LogP contribution >= 0.6 is 0 Å². The number of imide groups is 1. The second-order valence-electron chi connectivity index (χ2n) is 5.59. The van der Waals surface area contributed by atoms with Crippen molar-refractivity contribution in [2.24, 2.45) is 11.8 Å². The van der Waals surface area contributed by atoms with Crippen LogP contribution in [0.15, 0.2) is 30.3 Å². The van der Waals surface area contributed by atoms with Crippen molar-refractivity contribution in [3.63, 3.8) is 0 Å². The van der Waals surface area contributed by atoms with Crippen molar-refractivity contribution in [2.75, 3.05) is 0 Å². The second-order valence-corrected chi connectivity index (χ2v) is 5.59. The maximum atomic E-state index is 12.4. The summed E-state index contributed by atoms with van der Waals surface area (Å²) in [4.78, 5) is 26.3. The molecule has 4 heteroatoms. The molecule has 0 spiro atoms. The van der Waals surface area contributed by atoms with Crippen LogP contribution in [0.25, 0.3) is 0 Å². The van der Waals surface area contributed by atoms with Crippen molar-refractivity contribution >= 4 is 11.8 Å². The van der Waals surface area contributed by atoms with E-state index in [2.05, 4.69) is 0 Å². The van der Waals surface area contributed by atoms with E-state index in [1.165, 1.54) is 4.90 Å². The predicted octanol–water partition coefficient (Wildman–Crippen LogP) is 1.35. The number of rotatable bonds is 2. The summed E-state index contributed by atoms with van der Waals surface area (Å²) in [5, 5.41) is 0. The minimum atomic E-state index is -0.213. The number of carbonyl (C=O) groups excluding carboxylic acids is 2. The average molecular weight is 257 g/mol. The van der Waals surface area contributed by atoms with Gasteiger partial charge in [-0.3, -0.25) is 14.5 Å². The Morgan fingerprint density at radius 1 is 1.00 bits per heavy atom. The average Bonchev–Trinajstić information content (AvgIpc) is 3.10. The lowest BCUT2D eigenvalue weighted by Crippen LogP contribution is -2.33. The fraction of sp³-hybridized carbons (Fsp3) is 0.467. The molecule has 2 unspecified atom stereocenters. The SMILES string of the molecule is O=C1C2C(C(=O)N1Cc1ccccc1)[C@H]1CC[C@H]2O1. The molecule has 0 aliphatic carbocycles. The molecule has 2 amide bonds. The lowest BCUT2D eigenvalue weighted by molar-refractivity contribution is -0.143. The fourth-order valence-corrected chi connectivity index (χ4v) is 3.70. The summed E-state index contributed by atoms with van der Waals surface area (Å²) in [6, 6.07) is 9.67. The molecule has 4 rings (SSSR count). The van der Waals surface area contributed by atoms with Gasteiger partial charge in [-0.1, -0.05) is 30.3 Å². The summed E-state index contributed by atoms with van der Waals surface area (Å²) in [6.07, 6.45) is 1.80. The normalized spacial score (nSPS) is 36.1. The number of amides is 2. The topological polar surface area (TPSA) is 46.6 Å². The molecule has 0 N–H and O–H groups in total. The third kappa shape index (κ3) is 1.49. The summed E-state index contributed by atoms with van der Waals surface area (Å²) in [6.45, 7) is 0.394. The van der Waals surface area contributed by atoms with Crippen molar-refractivity contribution in [3.05, 3.63) is 35.9 Å². The molecule has 19 heavy (non-hydrogen) atoms. The third-order valence-corrected chi connectivity index (χ3v) is 4.56. The Labute approximate surface area is 111 Å². The van der Waals surface area contributed by atoms with Crippen molar-refractivity contribution < 1.29 is 14.3 Å². The molecular weight excluding hydrogens is 242 g/mol. The molecule has 0 aromatic heterocycles. The zero-order valence-electron chi connectivity index (χ0n) is 10.5. The van der Waals surface area contributed by atoms with Gasteiger partial charge in [0.1, 0.15) is 0 Å². The van der Waals surface area contributed by atoms with Gasteiger partial charge in [-0.05, 0) is 18.4 Å². The van der Waals surface area contributed by atoms with Crippen LogP contribution in [0.4, 0.5) is 0 Å². The number of nitrogens with zero attached hydrogens (tertiary/aromatic N) is 1. The largest absolute Gasteiger partial charge is 0.373 e. The van der Waals surface area contributed by atoms with Gasteiger partial charge >= 0.3 is 0 Å². The van der Waals surface area contributed by atoms with Crippen LogP contribution in [0.5, 0.6) is 0 Å². The quantitative estimate of drug-likeness (QED) is 0.751. The van der Waals surface area contributed by atoms with E-state index < -0.39 is 0 Å². The maximum absolute atomic E-state index is 12.4. The van der Waals surface area contributed by atoms with Gasteiger partial charge < -0.3 is 4.74 Å². The number of hydrogen-bond donors (Lipinski definition) is 0. The fourth-order valence-electron chi connectivity index (χ4n) is 3.70. The zero-order chi connectivity index (χ0) is 13.0. The van der Waals surface area contributed by atoms with E-state index in [4.69, 9.17) is 4.74 Å². The Kier molecular flexibility index (Phi) is 2.30. The second kappa shape index (κ2) is 3.90. The maximum Gasteiger partial charge on any atom is 0.236 e. The third-order valence-electron chi connectivity index (χ3n) is 4.56. The van der Waals surface area contributed by atoms with Crippen molar-refractivity contribution in [1.82, 2.24) is 4.90 Å². The van der Waals surface area contributed by atoms with Gasteiger partial charge in [-0.25, -0.2) is 0 Å². The van der Waals surface area contributed by atoms with Crippen molar-refractivity contribution in [3.8, 4) is 0 Å². The first-order valence-corrected chi connectivity index (χ1v) is 6.80. The summed E-state index contributed by atoms with van der Waals surface area (Å²) in [7, 11) is 0. The highest BCUT2D eigenvalue weighted by Gasteiger charge is 2.62. The molecule has 3 heterocycles. The molecule has 0 radical (unpaired) electrons. The summed E-state index contributed by atoms with van der Waals surface area (Å²) >= 11 is 0. The molecule has 1 aromatic carbocycles. The van der Waals surface area contributed by atoms with E-state index in [0.29, 0.717) is 6.54 Å². The minimum absolute atomic E-state index is 0.0211. The monoisotopic (exact) mass is 257 g/mol. The number of hydrogen-bond acceptors (Lipinski definition) is 3. The zero-order valence-corrected chi connectivity index (χ0v) is 10.5. The van der Waals surface area contributed by atoms with Crippen molar-refractivity contribution in [1.29, 1.82) is 0 Å². The standard InChI is InChI=1S/C15H15NO3/c17-14-12-10-6-7-11(19-10)13(12)15(18)16(14)8-9-4-2-1-3-5-9/h1-5,10-13H,6-8H2/t10-,11-,12?,13?/m1/s1. The van der Waals surface area contributed by atoms with Crippen LogP contribution in [0.1, 0.15) is 18.4 Å². The Morgan fingerprint density at radius 2 is 1.58 bits per heavy atom. The molecule has 98 valence electrons. The highest BCUT2D eigenvalue weighted by Crippen LogP contribution is 2.48. The molecule has 2 bridgehead atoms. The molecule has 3 fully saturated rings. The lowest BCUT2D eigenvalue weighted by atomic mass is 9.81. The van der Waals surface area contributed by atoms with Crippen LogP contribution in [-0.4, -0.2) is 28.9 Å². The number of ether oxygens (including phenoxy) is 1. The smallest absolute Gasteiger partial charge is 0.236 e. The van der Waals surface area contributed by atoms with Crippen molar-refractivity contribution in [2.45, 2.75) is 31.6 Å². The number of carbonyl (C=O) groups is 2. The van der Waals surface area contributed by atoms with Crippen LogP contribution in [0.2, 0.25) is 0 Å². The molecule has 3 aliphatic heterocycles. The van der Waals surface area contributed by atoms with Gasteiger partial charge in [0.05, 0.1) is 30.6 Å². The van der Waals surface area contributed by atoms with Crippen LogP contribution in [-0.2, 0) is 20.9 Å². The van der Waals surface area contributed by atoms with E-state index in [1.807, 2.05) is 30.3 Å². The minimum Gasteiger partial charge on any atom is -0.373 e. The van der Waals surface area contributed by atoms with E-state index in [1.54, 1.807) is 0 Å². The van der Waals surface area contributed by atoms with Crippen LogP contribution < -0.4 is 0 Å². The van der Waals surface area contributed by atoms with E-state index >= 15 is 0 Å². The molecule has 3 saturated heterocycles. The van der Waals surface area contributed by atoms with E-state index in [-0.39, 0.29) is 35.9 Å². The number of likely N-dealkylation sites (tertiary alicyclic amines) is 1. The van der Waals surface area contributed by atoms with Gasteiger partial charge in [-0.2, -0.15) is 0 Å². The molecular formula is C15H15NO3. The van der Waals surface area contributed by atoms with Gasteiger partial charge in [-0.15, -0.1) is 0 Å². The van der Waals surface area contributed by atoms with Crippen LogP contribution in [0.3, 0.4) is 0 Å². The van der Waals surface area contributed by atoms with Crippen LogP contribution in [0, 0.1) is 11.8 Å². The number of benzene rings is 1. The summed E-state index contributed by atoms with van der Waals surface area (Å²) < 4.78 is 5.71. The summed E-state index contributed by atoms with van der Waals surface area (Å²) in [5.41, 5.74) is 0.998. The highest BCUT2D eigenvalue weighted by atomic mass is 16.5. The first-order chi connectivity index (χ1) is 9.25. The number of fused-ring (bicyclic) bond motifs is 5. The molecule has 3 aliphatic rings. The molecule has 4 atom stereocenters. The van der Waals surface area contributed by atoms with Gasteiger partial charge in [0, 0.05) is 0 Å². The lowest BCUT2D eigenvalue weighted by Gasteiger charge is -2.17. The van der Waals surface area contributed by atoms with Gasteiger partial charge in [0.15, 0.2) is 0 Å². The van der Waals surface area contributed by atoms with Gasteiger partial charge in [0.25, 0.3) is 0 Å². The Bertz CT molecular complexity index is 514. The van der Waals surface area contributed by atoms with E-state index in [0.717, 1.165) is 18.4 Å². The van der Waals surface area contributed by atoms with Gasteiger partial charge in [0.2, 0.25) is 11.8 Å². The Morgan fingerprint density at radius 3 is 2.16 bits per heavy atom. The summed E-state index contributed by atoms with van der Waals surface area (Å²) in [5.74, 6) is -0.498. The Hall–Kier alpha value is -1.68.